The molecule has 0 atom stereocenters. The third kappa shape index (κ3) is 4.52. The molecular formula is C8H18NO5+. The lowest BCUT2D eigenvalue weighted by Crippen LogP contribution is -2.55. The molecule has 84 valence electrons. The van der Waals surface area contributed by atoms with E-state index in [1.807, 2.05) is 0 Å². The van der Waals surface area contributed by atoms with E-state index in [0.29, 0.717) is 0 Å². The van der Waals surface area contributed by atoms with E-state index in [2.05, 4.69) is 0 Å². The van der Waals surface area contributed by atoms with E-state index in [4.69, 9.17) is 20.4 Å². The Morgan fingerprint density at radius 2 is 1.29 bits per heavy atom. The van der Waals surface area contributed by atoms with Crippen molar-refractivity contribution in [1.82, 2.24) is 0 Å². The van der Waals surface area contributed by atoms with E-state index in [9.17, 15) is 4.79 Å². The predicted molar refractivity (Wildman–Crippen MR) is 48.6 cm³/mol. The summed E-state index contributed by atoms with van der Waals surface area (Å²) in [5.41, 5.74) is 0. The van der Waals surface area contributed by atoms with Crippen molar-refractivity contribution in [2.75, 3.05) is 46.0 Å². The number of hydrogen-bond donors (Lipinski definition) is 4. The smallest absolute Gasteiger partial charge is 0.359 e. The molecule has 0 fully saturated rings. The van der Waals surface area contributed by atoms with Gasteiger partial charge in [0, 0.05) is 0 Å². The van der Waals surface area contributed by atoms with Gasteiger partial charge in [-0.15, -0.1) is 0 Å². The predicted octanol–water partition coefficient (Wildman–Crippen LogP) is -2.14. The summed E-state index contributed by atoms with van der Waals surface area (Å²) in [6.45, 7) is 0.0176. The molecule has 0 radical (unpaired) electrons. The number of carbonyl (C=O) groups is 1. The highest BCUT2D eigenvalue weighted by Gasteiger charge is 2.28. The van der Waals surface area contributed by atoms with Gasteiger partial charge in [0.25, 0.3) is 0 Å². The highest BCUT2D eigenvalue weighted by molar-refractivity contribution is 5.67. The van der Waals surface area contributed by atoms with E-state index in [1.165, 1.54) is 0 Å². The lowest BCUT2D eigenvalue weighted by Gasteiger charge is -2.35. The molecular weight excluding hydrogens is 190 g/mol. The number of carboxylic acid groups (broad SMARTS) is 1. The standard InChI is InChI=1S/C8H17NO5/c10-4-1-9(2-5-11,3-6-12)7-8(13)14/h10-12H,1-7H2/p+1. The van der Waals surface area contributed by atoms with Crippen molar-refractivity contribution in [3.8, 4) is 0 Å². The maximum absolute atomic E-state index is 10.6. The van der Waals surface area contributed by atoms with Gasteiger partial charge >= 0.3 is 5.97 Å². The minimum atomic E-state index is -1.000. The van der Waals surface area contributed by atoms with Crippen molar-refractivity contribution in [3.05, 3.63) is 0 Å². The molecule has 6 heteroatoms. The lowest BCUT2D eigenvalue weighted by atomic mass is 10.3. The maximum Gasteiger partial charge on any atom is 0.359 e. The van der Waals surface area contributed by atoms with Crippen LogP contribution >= 0.6 is 0 Å². The molecule has 14 heavy (non-hydrogen) atoms. The molecule has 0 bridgehead atoms. The van der Waals surface area contributed by atoms with E-state index in [-0.39, 0.29) is 50.5 Å². The van der Waals surface area contributed by atoms with Crippen LogP contribution in [0.3, 0.4) is 0 Å². The average Bonchev–Trinajstić information content (AvgIpc) is 2.03. The molecule has 4 N–H and O–H groups in total. The number of quaternary nitrogens is 1. The molecule has 0 aromatic carbocycles. The van der Waals surface area contributed by atoms with E-state index < -0.39 is 5.97 Å². The second-order valence-electron chi connectivity index (χ2n) is 3.24. The van der Waals surface area contributed by atoms with Gasteiger partial charge in [0.15, 0.2) is 6.54 Å². The highest BCUT2D eigenvalue weighted by atomic mass is 16.4. The van der Waals surface area contributed by atoms with Crippen LogP contribution in [0.25, 0.3) is 0 Å². The van der Waals surface area contributed by atoms with Crippen molar-refractivity contribution in [2.45, 2.75) is 0 Å². The van der Waals surface area contributed by atoms with Crippen LogP contribution in [0.2, 0.25) is 0 Å². The highest BCUT2D eigenvalue weighted by Crippen LogP contribution is 2.05. The first-order valence-electron chi connectivity index (χ1n) is 4.49. The first kappa shape index (κ1) is 13.3. The Labute approximate surface area is 82.6 Å². The molecule has 0 aliphatic rings. The van der Waals surface area contributed by atoms with Crippen molar-refractivity contribution < 1.29 is 29.7 Å². The van der Waals surface area contributed by atoms with E-state index in [0.717, 1.165) is 0 Å². The number of nitrogens with zero attached hydrogens (tertiary/aromatic N) is 1. The molecule has 0 amide bonds. The Morgan fingerprint density at radius 3 is 1.50 bits per heavy atom. The van der Waals surface area contributed by atoms with Gasteiger partial charge in [0.2, 0.25) is 0 Å². The summed E-state index contributed by atoms with van der Waals surface area (Å²) < 4.78 is 0.0127. The number of aliphatic hydroxyl groups excluding tert-OH is 3. The molecule has 0 unspecified atom stereocenters. The fraction of sp³-hybridized carbons (Fsp3) is 0.875. The van der Waals surface area contributed by atoms with E-state index >= 15 is 0 Å². The van der Waals surface area contributed by atoms with E-state index in [1.54, 1.807) is 0 Å². The van der Waals surface area contributed by atoms with Crippen LogP contribution in [0.4, 0.5) is 0 Å². The summed E-state index contributed by atoms with van der Waals surface area (Å²) in [5.74, 6) is -1.000. The molecule has 0 saturated carbocycles. The fourth-order valence-corrected chi connectivity index (χ4v) is 1.50. The van der Waals surface area contributed by atoms with Crippen LogP contribution in [0, 0.1) is 0 Å². The molecule has 0 saturated heterocycles. The second kappa shape index (κ2) is 6.72. The Hall–Kier alpha value is -0.690. The van der Waals surface area contributed by atoms with Crippen molar-refractivity contribution in [3.63, 3.8) is 0 Å². The lowest BCUT2D eigenvalue weighted by molar-refractivity contribution is -0.922. The Morgan fingerprint density at radius 1 is 0.929 bits per heavy atom. The zero-order valence-corrected chi connectivity index (χ0v) is 8.09. The first-order chi connectivity index (χ1) is 6.60. The molecule has 0 aromatic heterocycles. The molecule has 0 aliphatic carbocycles. The second-order valence-corrected chi connectivity index (χ2v) is 3.24. The van der Waals surface area contributed by atoms with Crippen molar-refractivity contribution in [2.24, 2.45) is 0 Å². The van der Waals surface area contributed by atoms with Gasteiger partial charge in [-0.25, -0.2) is 4.79 Å². The zero-order chi connectivity index (χ0) is 11.0. The monoisotopic (exact) mass is 208 g/mol. The normalized spacial score (nSPS) is 11.6. The number of aliphatic carboxylic acids is 1. The molecule has 0 aromatic rings. The third-order valence-corrected chi connectivity index (χ3v) is 2.19. The number of aliphatic hydroxyl groups is 3. The number of hydrogen-bond acceptors (Lipinski definition) is 4. The molecule has 0 aliphatic heterocycles. The van der Waals surface area contributed by atoms with Crippen LogP contribution < -0.4 is 0 Å². The van der Waals surface area contributed by atoms with Gasteiger partial charge in [-0.2, -0.15) is 0 Å². The summed E-state index contributed by atoms with van der Waals surface area (Å²) in [6, 6.07) is 0. The molecule has 6 nitrogen and oxygen atoms in total. The Bertz CT molecular complexity index is 156. The van der Waals surface area contributed by atoms with Crippen LogP contribution in [-0.2, 0) is 4.79 Å². The van der Waals surface area contributed by atoms with Crippen molar-refractivity contribution >= 4 is 5.97 Å². The van der Waals surface area contributed by atoms with Gasteiger partial charge in [-0.05, 0) is 0 Å². The summed E-state index contributed by atoms with van der Waals surface area (Å²) in [6.07, 6.45) is 0. The van der Waals surface area contributed by atoms with Gasteiger partial charge < -0.3 is 24.9 Å². The minimum absolute atomic E-state index is 0.0127. The Kier molecular flexibility index (Phi) is 6.39. The minimum Gasteiger partial charge on any atom is -0.477 e. The summed E-state index contributed by atoms with van der Waals surface area (Å²) in [4.78, 5) is 10.6. The first-order valence-corrected chi connectivity index (χ1v) is 4.49. The summed E-state index contributed by atoms with van der Waals surface area (Å²) >= 11 is 0. The SMILES string of the molecule is O=C(O)C[N+](CCO)(CCO)CCO. The quantitative estimate of drug-likeness (QED) is 0.341. The number of carboxylic acids is 1. The van der Waals surface area contributed by atoms with Crippen LogP contribution in [0.15, 0.2) is 0 Å². The van der Waals surface area contributed by atoms with Gasteiger partial charge in [0.1, 0.15) is 19.6 Å². The van der Waals surface area contributed by atoms with Crippen LogP contribution in [-0.4, -0.2) is 76.9 Å². The van der Waals surface area contributed by atoms with Crippen LogP contribution in [0.5, 0.6) is 0 Å². The fourth-order valence-electron chi connectivity index (χ4n) is 1.50. The Balaban J connectivity index is 4.45. The topological polar surface area (TPSA) is 98.0 Å². The molecule has 0 rings (SSSR count). The number of rotatable bonds is 8. The maximum atomic E-state index is 10.6. The average molecular weight is 208 g/mol. The van der Waals surface area contributed by atoms with Crippen LogP contribution in [0.1, 0.15) is 0 Å². The summed E-state index contributed by atoms with van der Waals surface area (Å²) in [5, 5.41) is 35.1. The largest absolute Gasteiger partial charge is 0.477 e. The molecule has 0 spiro atoms. The van der Waals surface area contributed by atoms with Gasteiger partial charge in [-0.1, -0.05) is 0 Å². The zero-order valence-electron chi connectivity index (χ0n) is 8.09. The van der Waals surface area contributed by atoms with Gasteiger partial charge in [0.05, 0.1) is 19.8 Å². The van der Waals surface area contributed by atoms with Crippen molar-refractivity contribution in [1.29, 1.82) is 0 Å². The van der Waals surface area contributed by atoms with Gasteiger partial charge in [-0.3, -0.25) is 0 Å². The summed E-state index contributed by atoms with van der Waals surface area (Å²) in [7, 11) is 0. The molecule has 0 heterocycles. The third-order valence-electron chi connectivity index (χ3n) is 2.19.